The van der Waals surface area contributed by atoms with Crippen molar-refractivity contribution in [2.75, 3.05) is 6.61 Å². The number of para-hydroxylation sites is 1. The molecule has 1 unspecified atom stereocenters. The second kappa shape index (κ2) is 8.30. The predicted molar refractivity (Wildman–Crippen MR) is 121 cm³/mol. The van der Waals surface area contributed by atoms with Gasteiger partial charge in [0.2, 0.25) is 5.76 Å². The summed E-state index contributed by atoms with van der Waals surface area (Å²) < 4.78 is 11.8. The molecule has 0 bridgehead atoms. The first-order valence-corrected chi connectivity index (χ1v) is 10.7. The van der Waals surface area contributed by atoms with Gasteiger partial charge in [0.05, 0.1) is 23.6 Å². The molecule has 2 aromatic carbocycles. The lowest BCUT2D eigenvalue weighted by Crippen LogP contribution is -2.29. The molecule has 1 aliphatic rings. The summed E-state index contributed by atoms with van der Waals surface area (Å²) in [5.74, 6) is 0.511. The van der Waals surface area contributed by atoms with Crippen molar-refractivity contribution in [3.63, 3.8) is 0 Å². The van der Waals surface area contributed by atoms with Gasteiger partial charge in [-0.1, -0.05) is 31.2 Å². The van der Waals surface area contributed by atoms with E-state index in [1.54, 1.807) is 41.6 Å². The number of rotatable bonds is 6. The third-order valence-corrected chi connectivity index (χ3v) is 5.62. The Bertz CT molecular complexity index is 1350. The van der Waals surface area contributed by atoms with E-state index in [2.05, 4.69) is 4.98 Å². The van der Waals surface area contributed by atoms with Crippen LogP contribution in [0.25, 0.3) is 11.0 Å². The molecule has 0 spiro atoms. The molecule has 0 saturated heterocycles. The number of fused-ring (bicyclic) bond motifs is 2. The van der Waals surface area contributed by atoms with E-state index in [9.17, 15) is 9.59 Å². The molecule has 1 aliphatic heterocycles. The fourth-order valence-corrected chi connectivity index (χ4v) is 4.16. The SMILES string of the molecule is CCCOc1cccc(C2c3c(oc4ccccc4c3=O)C(=O)N2Cc2ccncc2)c1. The maximum atomic E-state index is 13.5. The molecular formula is C26H22N2O4. The maximum Gasteiger partial charge on any atom is 0.291 e. The molecule has 0 N–H and O–H groups in total. The van der Waals surface area contributed by atoms with E-state index in [1.165, 1.54) is 0 Å². The van der Waals surface area contributed by atoms with Gasteiger partial charge in [0.15, 0.2) is 5.43 Å². The summed E-state index contributed by atoms with van der Waals surface area (Å²) in [5.41, 5.74) is 2.32. The second-order valence-electron chi connectivity index (χ2n) is 7.78. The van der Waals surface area contributed by atoms with Crippen molar-refractivity contribution in [2.45, 2.75) is 25.9 Å². The molecule has 4 aromatic rings. The van der Waals surface area contributed by atoms with Crippen LogP contribution in [0, 0.1) is 0 Å². The lowest BCUT2D eigenvalue weighted by Gasteiger charge is -2.25. The Labute approximate surface area is 185 Å². The van der Waals surface area contributed by atoms with E-state index in [-0.39, 0.29) is 17.1 Å². The van der Waals surface area contributed by atoms with Gasteiger partial charge in [-0.15, -0.1) is 0 Å². The maximum absolute atomic E-state index is 13.5. The molecule has 32 heavy (non-hydrogen) atoms. The van der Waals surface area contributed by atoms with Crippen LogP contribution in [0.2, 0.25) is 0 Å². The van der Waals surface area contributed by atoms with E-state index >= 15 is 0 Å². The van der Waals surface area contributed by atoms with Gasteiger partial charge in [0.1, 0.15) is 11.3 Å². The van der Waals surface area contributed by atoms with Crippen molar-refractivity contribution in [1.29, 1.82) is 0 Å². The number of hydrogen-bond donors (Lipinski definition) is 0. The number of carbonyl (C=O) groups excluding carboxylic acids is 1. The molecule has 1 amide bonds. The molecule has 5 rings (SSSR count). The molecule has 0 aliphatic carbocycles. The van der Waals surface area contributed by atoms with Crippen LogP contribution in [0.1, 0.15) is 46.6 Å². The first kappa shape index (κ1) is 20.0. The van der Waals surface area contributed by atoms with Gasteiger partial charge in [0.25, 0.3) is 5.91 Å². The minimum absolute atomic E-state index is 0.104. The highest BCUT2D eigenvalue weighted by molar-refractivity contribution is 5.99. The van der Waals surface area contributed by atoms with Gasteiger partial charge in [-0.3, -0.25) is 14.6 Å². The Balaban J connectivity index is 1.68. The number of pyridine rings is 1. The van der Waals surface area contributed by atoms with Crippen molar-refractivity contribution in [3.05, 3.63) is 106 Å². The summed E-state index contributed by atoms with van der Waals surface area (Å²) in [7, 11) is 0. The van der Waals surface area contributed by atoms with Crippen molar-refractivity contribution in [3.8, 4) is 5.75 Å². The normalized spacial score (nSPS) is 15.2. The molecule has 3 heterocycles. The molecule has 2 aromatic heterocycles. The Kier molecular flexibility index (Phi) is 5.19. The molecule has 0 fully saturated rings. The lowest BCUT2D eigenvalue weighted by atomic mass is 9.98. The van der Waals surface area contributed by atoms with Crippen LogP contribution in [-0.2, 0) is 6.54 Å². The van der Waals surface area contributed by atoms with Crippen LogP contribution < -0.4 is 10.2 Å². The van der Waals surface area contributed by atoms with E-state index in [4.69, 9.17) is 9.15 Å². The number of carbonyl (C=O) groups is 1. The highest BCUT2D eigenvalue weighted by atomic mass is 16.5. The van der Waals surface area contributed by atoms with Crippen LogP contribution in [-0.4, -0.2) is 22.4 Å². The van der Waals surface area contributed by atoms with Crippen LogP contribution in [0.4, 0.5) is 0 Å². The zero-order valence-corrected chi connectivity index (χ0v) is 17.7. The molecule has 6 heteroatoms. The Morgan fingerprint density at radius 3 is 2.66 bits per heavy atom. The summed E-state index contributed by atoms with van der Waals surface area (Å²) in [4.78, 5) is 32.8. The van der Waals surface area contributed by atoms with Crippen molar-refractivity contribution < 1.29 is 13.9 Å². The average molecular weight is 426 g/mol. The van der Waals surface area contributed by atoms with Crippen molar-refractivity contribution in [2.24, 2.45) is 0 Å². The summed E-state index contributed by atoms with van der Waals surface area (Å²) in [5, 5.41) is 0.466. The van der Waals surface area contributed by atoms with Crippen LogP contribution >= 0.6 is 0 Å². The summed E-state index contributed by atoms with van der Waals surface area (Å²) in [6.45, 7) is 2.96. The van der Waals surface area contributed by atoms with Crippen LogP contribution in [0.15, 0.2) is 82.3 Å². The zero-order valence-electron chi connectivity index (χ0n) is 17.7. The molecule has 0 saturated carbocycles. The summed E-state index contributed by atoms with van der Waals surface area (Å²) in [6, 6.07) is 17.8. The van der Waals surface area contributed by atoms with Gasteiger partial charge in [0, 0.05) is 18.9 Å². The predicted octanol–water partition coefficient (Wildman–Crippen LogP) is 4.72. The number of amides is 1. The fourth-order valence-electron chi connectivity index (χ4n) is 4.16. The van der Waals surface area contributed by atoms with Crippen LogP contribution in [0.3, 0.4) is 0 Å². The standard InChI is InChI=1S/C26H22N2O4/c1-2-14-31-19-7-5-6-18(15-19)23-22-24(29)20-8-3-4-9-21(20)32-25(22)26(30)28(23)16-17-10-12-27-13-11-17/h3-13,15,23H,2,14,16H2,1H3. The van der Waals surface area contributed by atoms with E-state index in [0.29, 0.717) is 35.4 Å². The number of aromatic nitrogens is 1. The van der Waals surface area contributed by atoms with Crippen LogP contribution in [0.5, 0.6) is 5.75 Å². The number of nitrogens with zero attached hydrogens (tertiary/aromatic N) is 2. The fraction of sp³-hybridized carbons (Fsp3) is 0.192. The Morgan fingerprint density at radius 2 is 1.84 bits per heavy atom. The topological polar surface area (TPSA) is 72.6 Å². The molecule has 0 radical (unpaired) electrons. The summed E-state index contributed by atoms with van der Waals surface area (Å²) >= 11 is 0. The lowest BCUT2D eigenvalue weighted by molar-refractivity contribution is 0.0714. The monoisotopic (exact) mass is 426 g/mol. The first-order chi connectivity index (χ1) is 15.7. The third kappa shape index (κ3) is 3.43. The number of benzene rings is 2. The van der Waals surface area contributed by atoms with Gasteiger partial charge < -0.3 is 14.1 Å². The smallest absolute Gasteiger partial charge is 0.291 e. The van der Waals surface area contributed by atoms with Gasteiger partial charge in [-0.25, -0.2) is 0 Å². The average Bonchev–Trinajstić information content (AvgIpc) is 3.10. The largest absolute Gasteiger partial charge is 0.494 e. The first-order valence-electron chi connectivity index (χ1n) is 10.7. The van der Waals surface area contributed by atoms with Crippen molar-refractivity contribution in [1.82, 2.24) is 9.88 Å². The van der Waals surface area contributed by atoms with Gasteiger partial charge in [-0.2, -0.15) is 0 Å². The van der Waals surface area contributed by atoms with E-state index in [1.807, 2.05) is 43.3 Å². The Hall–Kier alpha value is -3.93. The molecule has 160 valence electrons. The molecular weight excluding hydrogens is 404 g/mol. The number of hydrogen-bond acceptors (Lipinski definition) is 5. The van der Waals surface area contributed by atoms with Gasteiger partial charge in [-0.05, 0) is 53.9 Å². The minimum Gasteiger partial charge on any atom is -0.494 e. The van der Waals surface area contributed by atoms with Gasteiger partial charge >= 0.3 is 0 Å². The summed E-state index contributed by atoms with van der Waals surface area (Å²) in [6.07, 6.45) is 4.27. The molecule has 6 nitrogen and oxygen atoms in total. The van der Waals surface area contributed by atoms with E-state index in [0.717, 1.165) is 17.5 Å². The second-order valence-corrected chi connectivity index (χ2v) is 7.78. The third-order valence-electron chi connectivity index (χ3n) is 5.62. The number of ether oxygens (including phenoxy) is 1. The van der Waals surface area contributed by atoms with E-state index < -0.39 is 6.04 Å². The Morgan fingerprint density at radius 1 is 1.03 bits per heavy atom. The molecule has 1 atom stereocenters. The zero-order chi connectivity index (χ0) is 22.1. The minimum atomic E-state index is -0.573. The highest BCUT2D eigenvalue weighted by Gasteiger charge is 2.42. The quantitative estimate of drug-likeness (QED) is 0.446. The van der Waals surface area contributed by atoms with Crippen molar-refractivity contribution >= 4 is 16.9 Å². The highest BCUT2D eigenvalue weighted by Crippen LogP contribution is 2.39.